The topological polar surface area (TPSA) is 26.3 Å². The zero-order valence-electron chi connectivity index (χ0n) is 6.88. The molecule has 2 nitrogen and oxygen atoms in total. The lowest BCUT2D eigenvalue weighted by Crippen LogP contribution is -2.21. The van der Waals surface area contributed by atoms with Gasteiger partial charge < -0.3 is 4.74 Å². The van der Waals surface area contributed by atoms with Crippen molar-refractivity contribution < 1.29 is 9.53 Å². The van der Waals surface area contributed by atoms with Crippen molar-refractivity contribution in [1.82, 2.24) is 0 Å². The summed E-state index contributed by atoms with van der Waals surface area (Å²) in [6.45, 7) is 2.04. The lowest BCUT2D eigenvalue weighted by Gasteiger charge is -2.08. The van der Waals surface area contributed by atoms with Gasteiger partial charge in [0.25, 0.3) is 0 Å². The first kappa shape index (κ1) is 7.29. The number of carbonyl (C=O) groups excluding carboxylic acids is 1. The normalized spacial score (nSPS) is 37.5. The predicted octanol–water partition coefficient (Wildman–Crippen LogP) is 1.53. The van der Waals surface area contributed by atoms with Crippen LogP contribution in [0.5, 0.6) is 0 Å². The third kappa shape index (κ3) is 1.45. The van der Waals surface area contributed by atoms with Gasteiger partial charge in [0.15, 0.2) is 5.78 Å². The quantitative estimate of drug-likeness (QED) is 0.603. The van der Waals surface area contributed by atoms with E-state index in [1.54, 1.807) is 0 Å². The average molecular weight is 154 g/mol. The van der Waals surface area contributed by atoms with Gasteiger partial charge in [-0.25, -0.2) is 0 Å². The van der Waals surface area contributed by atoms with Crippen molar-refractivity contribution in [3.63, 3.8) is 0 Å². The number of hydrogen-bond donors (Lipinski definition) is 0. The van der Waals surface area contributed by atoms with Crippen LogP contribution in [0.4, 0.5) is 0 Å². The Morgan fingerprint density at radius 3 is 2.45 bits per heavy atom. The van der Waals surface area contributed by atoms with E-state index in [-0.39, 0.29) is 6.10 Å². The zero-order chi connectivity index (χ0) is 7.84. The summed E-state index contributed by atoms with van der Waals surface area (Å²) in [7, 11) is 0. The zero-order valence-corrected chi connectivity index (χ0v) is 6.88. The second-order valence-electron chi connectivity index (χ2n) is 3.69. The minimum Gasteiger partial charge on any atom is -0.367 e. The van der Waals surface area contributed by atoms with Gasteiger partial charge in [0.2, 0.25) is 0 Å². The molecule has 1 heterocycles. The number of ketones is 1. The lowest BCUT2D eigenvalue weighted by atomic mass is 10.1. The summed E-state index contributed by atoms with van der Waals surface area (Å²) in [4.78, 5) is 11.4. The molecule has 0 aromatic heterocycles. The predicted molar refractivity (Wildman–Crippen MR) is 41.3 cm³/mol. The van der Waals surface area contributed by atoms with Crippen LogP contribution in [0.1, 0.15) is 32.6 Å². The van der Waals surface area contributed by atoms with E-state index in [1.165, 1.54) is 0 Å². The van der Waals surface area contributed by atoms with Gasteiger partial charge in [0.05, 0.1) is 6.10 Å². The SMILES string of the molecule is CC1CCC(C(=O)C2CC2)O1. The molecule has 0 N–H and O–H groups in total. The summed E-state index contributed by atoms with van der Waals surface area (Å²) in [6.07, 6.45) is 4.49. The molecule has 2 fully saturated rings. The van der Waals surface area contributed by atoms with Gasteiger partial charge in [-0.15, -0.1) is 0 Å². The fraction of sp³-hybridized carbons (Fsp3) is 0.889. The molecule has 11 heavy (non-hydrogen) atoms. The summed E-state index contributed by atoms with van der Waals surface area (Å²) >= 11 is 0. The molecule has 62 valence electrons. The van der Waals surface area contributed by atoms with Crippen LogP contribution in [0.2, 0.25) is 0 Å². The molecule has 1 saturated carbocycles. The van der Waals surface area contributed by atoms with E-state index >= 15 is 0 Å². The molecular formula is C9H14O2. The average Bonchev–Trinajstić information content (AvgIpc) is 2.74. The number of ether oxygens (including phenoxy) is 1. The van der Waals surface area contributed by atoms with Crippen molar-refractivity contribution in [2.45, 2.75) is 44.8 Å². The highest BCUT2D eigenvalue weighted by Gasteiger charge is 2.38. The van der Waals surface area contributed by atoms with Crippen LogP contribution in [0.3, 0.4) is 0 Å². The molecule has 1 aliphatic heterocycles. The van der Waals surface area contributed by atoms with Gasteiger partial charge in [0.1, 0.15) is 6.10 Å². The number of carbonyl (C=O) groups is 1. The first-order valence-electron chi connectivity index (χ1n) is 4.46. The van der Waals surface area contributed by atoms with E-state index in [2.05, 4.69) is 0 Å². The highest BCUT2D eigenvalue weighted by molar-refractivity contribution is 5.87. The molecule has 2 aliphatic rings. The largest absolute Gasteiger partial charge is 0.367 e. The van der Waals surface area contributed by atoms with Crippen LogP contribution in [0, 0.1) is 5.92 Å². The highest BCUT2D eigenvalue weighted by atomic mass is 16.5. The number of hydrogen-bond acceptors (Lipinski definition) is 2. The Balaban J connectivity index is 1.89. The van der Waals surface area contributed by atoms with Crippen molar-refractivity contribution in [2.75, 3.05) is 0 Å². The van der Waals surface area contributed by atoms with E-state index in [4.69, 9.17) is 4.74 Å². The van der Waals surface area contributed by atoms with Gasteiger partial charge in [-0.1, -0.05) is 0 Å². The molecule has 1 aliphatic carbocycles. The van der Waals surface area contributed by atoms with E-state index in [9.17, 15) is 4.79 Å². The molecule has 2 heteroatoms. The van der Waals surface area contributed by atoms with Crippen molar-refractivity contribution in [3.8, 4) is 0 Å². The second-order valence-corrected chi connectivity index (χ2v) is 3.69. The molecular weight excluding hydrogens is 140 g/mol. The molecule has 0 aromatic rings. The Bertz CT molecular complexity index is 172. The standard InChI is InChI=1S/C9H14O2/c1-6-2-5-8(11-6)9(10)7-3-4-7/h6-8H,2-5H2,1H3. The van der Waals surface area contributed by atoms with E-state index < -0.39 is 0 Å². The van der Waals surface area contributed by atoms with E-state index in [1.807, 2.05) is 6.92 Å². The highest BCUT2D eigenvalue weighted by Crippen LogP contribution is 2.34. The van der Waals surface area contributed by atoms with Crippen molar-refractivity contribution in [2.24, 2.45) is 5.92 Å². The van der Waals surface area contributed by atoms with Gasteiger partial charge >= 0.3 is 0 Å². The van der Waals surface area contributed by atoms with Crippen LogP contribution in [0.25, 0.3) is 0 Å². The fourth-order valence-corrected chi connectivity index (χ4v) is 1.64. The Labute approximate surface area is 66.9 Å². The van der Waals surface area contributed by atoms with Crippen molar-refractivity contribution >= 4 is 5.78 Å². The maximum atomic E-state index is 11.4. The first-order valence-corrected chi connectivity index (χ1v) is 4.46. The van der Waals surface area contributed by atoms with Crippen LogP contribution in [-0.4, -0.2) is 18.0 Å². The summed E-state index contributed by atoms with van der Waals surface area (Å²) in [5.41, 5.74) is 0. The van der Waals surface area contributed by atoms with Crippen LogP contribution >= 0.6 is 0 Å². The van der Waals surface area contributed by atoms with E-state index in [0.29, 0.717) is 17.8 Å². The molecule has 0 bridgehead atoms. The maximum Gasteiger partial charge on any atom is 0.164 e. The second kappa shape index (κ2) is 2.59. The van der Waals surface area contributed by atoms with Crippen molar-refractivity contribution in [3.05, 3.63) is 0 Å². The summed E-state index contributed by atoms with van der Waals surface area (Å²) in [5.74, 6) is 0.736. The lowest BCUT2D eigenvalue weighted by molar-refractivity contribution is -0.130. The Morgan fingerprint density at radius 2 is 2.00 bits per heavy atom. The van der Waals surface area contributed by atoms with Crippen LogP contribution < -0.4 is 0 Å². The summed E-state index contributed by atoms with van der Waals surface area (Å²) in [6, 6.07) is 0. The summed E-state index contributed by atoms with van der Waals surface area (Å²) in [5, 5.41) is 0. The molecule has 2 unspecified atom stereocenters. The Kier molecular flexibility index (Phi) is 1.72. The van der Waals surface area contributed by atoms with Crippen molar-refractivity contribution in [1.29, 1.82) is 0 Å². The minimum atomic E-state index is -0.0440. The van der Waals surface area contributed by atoms with Gasteiger partial charge in [0, 0.05) is 5.92 Å². The smallest absolute Gasteiger partial charge is 0.164 e. The first-order chi connectivity index (χ1) is 5.27. The fourth-order valence-electron chi connectivity index (χ4n) is 1.64. The third-order valence-corrected chi connectivity index (χ3v) is 2.53. The third-order valence-electron chi connectivity index (χ3n) is 2.53. The minimum absolute atomic E-state index is 0.0440. The molecule has 2 atom stereocenters. The monoisotopic (exact) mass is 154 g/mol. The molecule has 2 rings (SSSR count). The Morgan fingerprint density at radius 1 is 1.27 bits per heavy atom. The molecule has 0 radical (unpaired) electrons. The van der Waals surface area contributed by atoms with Crippen LogP contribution in [0.15, 0.2) is 0 Å². The maximum absolute atomic E-state index is 11.4. The van der Waals surface area contributed by atoms with Crippen LogP contribution in [-0.2, 0) is 9.53 Å². The van der Waals surface area contributed by atoms with Gasteiger partial charge in [-0.3, -0.25) is 4.79 Å². The van der Waals surface area contributed by atoms with Gasteiger partial charge in [-0.05, 0) is 32.6 Å². The molecule has 0 aromatic carbocycles. The molecule has 0 spiro atoms. The summed E-state index contributed by atoms with van der Waals surface area (Å²) < 4.78 is 5.47. The molecule has 0 amide bonds. The molecule has 1 saturated heterocycles. The number of Topliss-reactive ketones (excluding diaryl/α,β-unsaturated/α-hetero) is 1. The number of rotatable bonds is 2. The van der Waals surface area contributed by atoms with E-state index in [0.717, 1.165) is 25.7 Å². The van der Waals surface area contributed by atoms with Gasteiger partial charge in [-0.2, -0.15) is 0 Å². The Hall–Kier alpha value is -0.370.